The second-order valence-electron chi connectivity index (χ2n) is 2.53. The Morgan fingerprint density at radius 3 is 2.92 bits per heavy atom. The maximum atomic E-state index is 10.3. The molecule has 0 spiro atoms. The van der Waals surface area contributed by atoms with Crippen LogP contribution in [0.1, 0.15) is 23.1 Å². The van der Waals surface area contributed by atoms with Crippen molar-refractivity contribution in [1.29, 1.82) is 0 Å². The monoisotopic (exact) mass is 282 g/mol. The molecule has 2 nitrogen and oxygen atoms in total. The molecule has 0 radical (unpaired) electrons. The quantitative estimate of drug-likeness (QED) is 0.856. The molecule has 1 heterocycles. The summed E-state index contributed by atoms with van der Waals surface area (Å²) in [5, 5.41) is 10.2. The average Bonchev–Trinajstić information content (AvgIpc) is 2.47. The molecule has 0 saturated carbocycles. The molecular formula is C8H8BrClO2S. The Kier molecular flexibility index (Phi) is 4.22. The van der Waals surface area contributed by atoms with Crippen LogP contribution in [0, 0.1) is 0 Å². The zero-order valence-corrected chi connectivity index (χ0v) is 9.82. The summed E-state index contributed by atoms with van der Waals surface area (Å²) in [5.74, 6) is -0.807. The summed E-state index contributed by atoms with van der Waals surface area (Å²) in [5.41, 5.74) is 0. The highest BCUT2D eigenvalue weighted by atomic mass is 79.9. The Bertz CT molecular complexity index is 300. The Hall–Kier alpha value is -0.0600. The molecule has 5 heteroatoms. The highest BCUT2D eigenvalue weighted by Crippen LogP contribution is 2.35. The minimum absolute atomic E-state index is 0.110. The van der Waals surface area contributed by atoms with Crippen LogP contribution >= 0.6 is 38.9 Å². The Morgan fingerprint density at radius 1 is 1.77 bits per heavy atom. The molecule has 0 aliphatic heterocycles. The van der Waals surface area contributed by atoms with Gasteiger partial charge in [0.2, 0.25) is 0 Å². The van der Waals surface area contributed by atoms with Crippen LogP contribution in [0.5, 0.6) is 0 Å². The largest absolute Gasteiger partial charge is 0.481 e. The van der Waals surface area contributed by atoms with Gasteiger partial charge in [-0.15, -0.1) is 22.9 Å². The summed E-state index contributed by atoms with van der Waals surface area (Å²) in [4.78, 5) is 11.3. The van der Waals surface area contributed by atoms with Crippen molar-refractivity contribution in [2.45, 2.75) is 18.2 Å². The van der Waals surface area contributed by atoms with Crippen LogP contribution in [0.2, 0.25) is 0 Å². The number of rotatable bonds is 4. The minimum Gasteiger partial charge on any atom is -0.481 e. The van der Waals surface area contributed by atoms with Gasteiger partial charge in [0.15, 0.2) is 0 Å². The maximum absolute atomic E-state index is 10.3. The fourth-order valence-electron chi connectivity index (χ4n) is 0.910. The zero-order chi connectivity index (χ0) is 9.84. The van der Waals surface area contributed by atoms with Gasteiger partial charge in [-0.3, -0.25) is 4.79 Å². The van der Waals surface area contributed by atoms with E-state index in [4.69, 9.17) is 16.7 Å². The molecule has 0 aliphatic carbocycles. The summed E-state index contributed by atoms with van der Waals surface area (Å²) in [6, 6.07) is 1.91. The third kappa shape index (κ3) is 3.29. The Balaban J connectivity index is 2.53. The van der Waals surface area contributed by atoms with Crippen molar-refractivity contribution >= 4 is 44.8 Å². The molecule has 1 aromatic heterocycles. The molecule has 1 unspecified atom stereocenters. The van der Waals surface area contributed by atoms with Crippen molar-refractivity contribution in [2.75, 3.05) is 0 Å². The number of hydrogen-bond donors (Lipinski definition) is 1. The topological polar surface area (TPSA) is 37.3 Å². The lowest BCUT2D eigenvalue weighted by Gasteiger charge is -2.05. The summed E-state index contributed by atoms with van der Waals surface area (Å²) in [6.45, 7) is 0. The molecule has 0 saturated heterocycles. The second-order valence-corrected chi connectivity index (χ2v) is 4.86. The van der Waals surface area contributed by atoms with Crippen molar-refractivity contribution < 1.29 is 9.90 Å². The van der Waals surface area contributed by atoms with E-state index >= 15 is 0 Å². The second kappa shape index (κ2) is 4.98. The van der Waals surface area contributed by atoms with Crippen molar-refractivity contribution in [2.24, 2.45) is 0 Å². The van der Waals surface area contributed by atoms with E-state index in [-0.39, 0.29) is 11.8 Å². The van der Waals surface area contributed by atoms with E-state index in [0.29, 0.717) is 6.42 Å². The predicted molar refractivity (Wildman–Crippen MR) is 57.5 cm³/mol. The predicted octanol–water partition coefficient (Wildman–Crippen LogP) is 3.66. The summed E-state index contributed by atoms with van der Waals surface area (Å²) >= 11 is 10.9. The highest BCUT2D eigenvalue weighted by Gasteiger charge is 2.14. The number of alkyl halides is 1. The summed E-state index contributed by atoms with van der Waals surface area (Å²) < 4.78 is 0.961. The molecule has 0 amide bonds. The van der Waals surface area contributed by atoms with Crippen LogP contribution in [0.3, 0.4) is 0 Å². The lowest BCUT2D eigenvalue weighted by molar-refractivity contribution is -0.137. The standard InChI is InChI=1S/C8H8BrClO2S/c9-5-3-4-13-8(5)6(10)1-2-7(11)12/h3-4,6H,1-2H2,(H,11,12). The summed E-state index contributed by atoms with van der Waals surface area (Å²) in [6.07, 6.45) is 0.578. The Morgan fingerprint density at radius 2 is 2.46 bits per heavy atom. The maximum Gasteiger partial charge on any atom is 0.303 e. The van der Waals surface area contributed by atoms with Crippen molar-refractivity contribution in [3.63, 3.8) is 0 Å². The first-order chi connectivity index (χ1) is 6.11. The minimum atomic E-state index is -0.807. The number of carbonyl (C=O) groups is 1. The fraction of sp³-hybridized carbons (Fsp3) is 0.375. The van der Waals surface area contributed by atoms with Gasteiger partial charge in [0.1, 0.15) is 0 Å². The molecule has 72 valence electrons. The van der Waals surface area contributed by atoms with Gasteiger partial charge < -0.3 is 5.11 Å². The number of carboxylic acids is 1. The van der Waals surface area contributed by atoms with E-state index in [1.54, 1.807) is 0 Å². The lowest BCUT2D eigenvalue weighted by atomic mass is 10.2. The summed E-state index contributed by atoms with van der Waals surface area (Å²) in [7, 11) is 0. The molecule has 13 heavy (non-hydrogen) atoms. The van der Waals surface area contributed by atoms with Gasteiger partial charge in [-0.1, -0.05) is 0 Å². The number of thiophene rings is 1. The first-order valence-corrected chi connectivity index (χ1v) is 5.81. The van der Waals surface area contributed by atoms with E-state index in [2.05, 4.69) is 15.9 Å². The van der Waals surface area contributed by atoms with Crippen molar-refractivity contribution in [3.05, 3.63) is 20.8 Å². The van der Waals surface area contributed by atoms with Crippen LogP contribution < -0.4 is 0 Å². The molecule has 1 atom stereocenters. The first-order valence-electron chi connectivity index (χ1n) is 3.70. The molecule has 1 rings (SSSR count). The van der Waals surface area contributed by atoms with Gasteiger partial charge in [-0.25, -0.2) is 0 Å². The number of halogens is 2. The van der Waals surface area contributed by atoms with Gasteiger partial charge in [0.05, 0.1) is 5.38 Å². The normalized spacial score (nSPS) is 12.8. The van der Waals surface area contributed by atoms with E-state index in [9.17, 15) is 4.79 Å². The number of aliphatic carboxylic acids is 1. The smallest absolute Gasteiger partial charge is 0.303 e. The van der Waals surface area contributed by atoms with Gasteiger partial charge in [-0.2, -0.15) is 0 Å². The zero-order valence-electron chi connectivity index (χ0n) is 6.67. The molecule has 0 aromatic carbocycles. The van der Waals surface area contributed by atoms with E-state index in [1.165, 1.54) is 11.3 Å². The Labute approximate surface area is 93.7 Å². The number of carboxylic acid groups (broad SMARTS) is 1. The van der Waals surface area contributed by atoms with E-state index in [1.807, 2.05) is 11.4 Å². The molecule has 0 bridgehead atoms. The van der Waals surface area contributed by atoms with Crippen LogP contribution in [-0.2, 0) is 4.79 Å². The first kappa shape index (κ1) is 11.0. The van der Waals surface area contributed by atoms with Gasteiger partial charge >= 0.3 is 5.97 Å². The molecule has 1 aromatic rings. The van der Waals surface area contributed by atoms with Gasteiger partial charge in [0.25, 0.3) is 0 Å². The van der Waals surface area contributed by atoms with Crippen molar-refractivity contribution in [3.8, 4) is 0 Å². The lowest BCUT2D eigenvalue weighted by Crippen LogP contribution is -1.97. The molecule has 1 N–H and O–H groups in total. The number of hydrogen-bond acceptors (Lipinski definition) is 2. The van der Waals surface area contributed by atoms with E-state index in [0.717, 1.165) is 9.35 Å². The third-order valence-corrected chi connectivity index (χ3v) is 4.09. The molecule has 0 aliphatic rings. The van der Waals surface area contributed by atoms with Crippen LogP contribution in [0.15, 0.2) is 15.9 Å². The van der Waals surface area contributed by atoms with Crippen molar-refractivity contribution in [1.82, 2.24) is 0 Å². The van der Waals surface area contributed by atoms with E-state index < -0.39 is 5.97 Å². The van der Waals surface area contributed by atoms with Gasteiger partial charge in [0, 0.05) is 15.8 Å². The van der Waals surface area contributed by atoms with Gasteiger partial charge in [-0.05, 0) is 33.8 Å². The van der Waals surface area contributed by atoms with Crippen LogP contribution in [0.4, 0.5) is 0 Å². The fourth-order valence-corrected chi connectivity index (χ4v) is 3.08. The highest BCUT2D eigenvalue weighted by molar-refractivity contribution is 9.10. The van der Waals surface area contributed by atoms with Crippen LogP contribution in [-0.4, -0.2) is 11.1 Å². The third-order valence-electron chi connectivity index (χ3n) is 1.54. The molecule has 0 fully saturated rings. The SMILES string of the molecule is O=C(O)CCC(Cl)c1sccc1Br. The molecular weight excluding hydrogens is 276 g/mol. The van der Waals surface area contributed by atoms with Crippen LogP contribution in [0.25, 0.3) is 0 Å². The average molecular weight is 284 g/mol.